The Labute approximate surface area is 122 Å². The maximum absolute atomic E-state index is 12.5. The summed E-state index contributed by atoms with van der Waals surface area (Å²) in [5, 5.41) is 2.98. The first-order valence-electron chi connectivity index (χ1n) is 6.12. The SMILES string of the molecule is CNCc1cc(S(=O)(=O)N(C)Cc2scnc2C)c[nH]1. The van der Waals surface area contributed by atoms with Crippen molar-refractivity contribution in [2.45, 2.75) is 24.9 Å². The Kier molecular flexibility index (Phi) is 4.59. The number of sulfonamides is 1. The van der Waals surface area contributed by atoms with Crippen LogP contribution in [0.4, 0.5) is 0 Å². The average Bonchev–Trinajstić information content (AvgIpc) is 3.00. The highest BCUT2D eigenvalue weighted by Crippen LogP contribution is 2.20. The third kappa shape index (κ3) is 3.09. The molecule has 0 aliphatic rings. The molecule has 2 N–H and O–H groups in total. The van der Waals surface area contributed by atoms with Crippen LogP contribution in [-0.4, -0.2) is 36.8 Å². The number of nitrogens with one attached hydrogen (secondary N) is 2. The minimum atomic E-state index is -3.48. The third-order valence-electron chi connectivity index (χ3n) is 3.00. The van der Waals surface area contributed by atoms with Gasteiger partial charge in [-0.15, -0.1) is 11.3 Å². The third-order valence-corrected chi connectivity index (χ3v) is 5.70. The first-order chi connectivity index (χ1) is 9.45. The van der Waals surface area contributed by atoms with Gasteiger partial charge in [-0.25, -0.2) is 13.4 Å². The maximum atomic E-state index is 12.5. The van der Waals surface area contributed by atoms with E-state index in [9.17, 15) is 8.42 Å². The Bertz CT molecular complexity index is 675. The van der Waals surface area contributed by atoms with E-state index < -0.39 is 10.0 Å². The van der Waals surface area contributed by atoms with E-state index in [-0.39, 0.29) is 4.90 Å². The van der Waals surface area contributed by atoms with Gasteiger partial charge in [-0.2, -0.15) is 4.31 Å². The molecule has 2 heterocycles. The minimum Gasteiger partial charge on any atom is -0.363 e. The van der Waals surface area contributed by atoms with Crippen LogP contribution in [0.3, 0.4) is 0 Å². The molecule has 0 aliphatic carbocycles. The van der Waals surface area contributed by atoms with E-state index in [2.05, 4.69) is 15.3 Å². The summed E-state index contributed by atoms with van der Waals surface area (Å²) < 4.78 is 26.3. The Morgan fingerprint density at radius 2 is 2.25 bits per heavy atom. The number of aryl methyl sites for hydroxylation is 1. The Hall–Kier alpha value is -1.22. The molecule has 0 aromatic carbocycles. The van der Waals surface area contributed by atoms with Crippen molar-refractivity contribution in [3.63, 3.8) is 0 Å². The zero-order chi connectivity index (χ0) is 14.8. The molecule has 0 radical (unpaired) electrons. The predicted octanol–water partition coefficient (Wildman–Crippen LogP) is 1.32. The molecule has 0 spiro atoms. The van der Waals surface area contributed by atoms with Gasteiger partial charge in [0, 0.05) is 36.9 Å². The van der Waals surface area contributed by atoms with Crippen LogP contribution in [0.15, 0.2) is 22.7 Å². The molecule has 0 bridgehead atoms. The molecule has 2 aromatic heterocycles. The lowest BCUT2D eigenvalue weighted by molar-refractivity contribution is 0.469. The van der Waals surface area contributed by atoms with Gasteiger partial charge in [0.05, 0.1) is 16.1 Å². The van der Waals surface area contributed by atoms with Crippen LogP contribution in [0.25, 0.3) is 0 Å². The molecule has 0 atom stereocenters. The standard InChI is InChI=1S/C12H18N4O2S2/c1-9-12(19-8-15-9)7-16(3)20(17,18)11-4-10(5-13-2)14-6-11/h4,6,8,13-14H,5,7H2,1-3H3. The molecular weight excluding hydrogens is 296 g/mol. The molecule has 110 valence electrons. The molecule has 20 heavy (non-hydrogen) atoms. The van der Waals surface area contributed by atoms with E-state index in [0.29, 0.717) is 13.1 Å². The topological polar surface area (TPSA) is 78.1 Å². The van der Waals surface area contributed by atoms with Crippen LogP contribution in [-0.2, 0) is 23.1 Å². The van der Waals surface area contributed by atoms with E-state index in [1.807, 2.05) is 14.0 Å². The second-order valence-corrected chi connectivity index (χ2v) is 7.50. The largest absolute Gasteiger partial charge is 0.363 e. The van der Waals surface area contributed by atoms with Crippen molar-refractivity contribution >= 4 is 21.4 Å². The van der Waals surface area contributed by atoms with Gasteiger partial charge < -0.3 is 10.3 Å². The summed E-state index contributed by atoms with van der Waals surface area (Å²) >= 11 is 1.47. The van der Waals surface area contributed by atoms with Gasteiger partial charge >= 0.3 is 0 Å². The number of aromatic amines is 1. The fourth-order valence-corrected chi connectivity index (χ4v) is 3.87. The summed E-state index contributed by atoms with van der Waals surface area (Å²) in [7, 11) is -0.0803. The Morgan fingerprint density at radius 3 is 2.85 bits per heavy atom. The molecule has 8 heteroatoms. The van der Waals surface area contributed by atoms with Gasteiger partial charge in [0.15, 0.2) is 0 Å². The molecule has 6 nitrogen and oxygen atoms in total. The predicted molar refractivity (Wildman–Crippen MR) is 79.1 cm³/mol. The summed E-state index contributed by atoms with van der Waals surface area (Å²) in [6.07, 6.45) is 1.53. The van der Waals surface area contributed by atoms with Crippen molar-refractivity contribution in [1.29, 1.82) is 0 Å². The van der Waals surface area contributed by atoms with Crippen molar-refractivity contribution in [3.05, 3.63) is 34.0 Å². The van der Waals surface area contributed by atoms with Crippen molar-refractivity contribution < 1.29 is 8.42 Å². The molecule has 0 aliphatic heterocycles. The molecule has 0 fully saturated rings. The zero-order valence-corrected chi connectivity index (χ0v) is 13.3. The van der Waals surface area contributed by atoms with Crippen LogP contribution in [0.2, 0.25) is 0 Å². The second-order valence-electron chi connectivity index (χ2n) is 4.51. The number of H-pyrrole nitrogens is 1. The Morgan fingerprint density at radius 1 is 1.50 bits per heavy atom. The normalized spacial score (nSPS) is 12.2. The highest BCUT2D eigenvalue weighted by Gasteiger charge is 2.23. The number of nitrogens with zero attached hydrogens (tertiary/aromatic N) is 2. The van der Waals surface area contributed by atoms with E-state index in [0.717, 1.165) is 16.3 Å². The van der Waals surface area contributed by atoms with Crippen LogP contribution in [0.5, 0.6) is 0 Å². The monoisotopic (exact) mass is 314 g/mol. The lowest BCUT2D eigenvalue weighted by Gasteiger charge is -2.15. The van der Waals surface area contributed by atoms with Crippen molar-refractivity contribution in [2.75, 3.05) is 14.1 Å². The maximum Gasteiger partial charge on any atom is 0.244 e. The van der Waals surface area contributed by atoms with Gasteiger partial charge in [0.25, 0.3) is 0 Å². The lowest BCUT2D eigenvalue weighted by atomic mass is 10.4. The molecule has 0 amide bonds. The van der Waals surface area contributed by atoms with Crippen LogP contribution >= 0.6 is 11.3 Å². The van der Waals surface area contributed by atoms with E-state index in [4.69, 9.17) is 0 Å². The van der Waals surface area contributed by atoms with Crippen LogP contribution < -0.4 is 5.32 Å². The molecule has 0 saturated carbocycles. The van der Waals surface area contributed by atoms with Gasteiger partial charge in [0.2, 0.25) is 10.0 Å². The molecule has 2 rings (SSSR count). The molecule has 0 saturated heterocycles. The van der Waals surface area contributed by atoms with Crippen molar-refractivity contribution in [3.8, 4) is 0 Å². The summed E-state index contributed by atoms with van der Waals surface area (Å²) in [6.45, 7) is 2.83. The molecule has 0 unspecified atom stereocenters. The number of hydrogen-bond acceptors (Lipinski definition) is 5. The number of hydrogen-bond donors (Lipinski definition) is 2. The van der Waals surface area contributed by atoms with E-state index in [1.54, 1.807) is 18.6 Å². The van der Waals surface area contributed by atoms with Gasteiger partial charge in [0.1, 0.15) is 0 Å². The second kappa shape index (κ2) is 6.04. The number of rotatable bonds is 6. The number of aromatic nitrogens is 2. The lowest BCUT2D eigenvalue weighted by Crippen LogP contribution is -2.26. The fourth-order valence-electron chi connectivity index (χ4n) is 1.81. The quantitative estimate of drug-likeness (QED) is 0.843. The van der Waals surface area contributed by atoms with E-state index >= 15 is 0 Å². The highest BCUT2D eigenvalue weighted by molar-refractivity contribution is 7.89. The first-order valence-corrected chi connectivity index (χ1v) is 8.44. The van der Waals surface area contributed by atoms with Crippen LogP contribution in [0, 0.1) is 6.92 Å². The van der Waals surface area contributed by atoms with Gasteiger partial charge in [-0.05, 0) is 20.0 Å². The van der Waals surface area contributed by atoms with Gasteiger partial charge in [-0.3, -0.25) is 0 Å². The first kappa shape index (κ1) is 15.2. The Balaban J connectivity index is 2.18. The molecule has 2 aromatic rings. The zero-order valence-electron chi connectivity index (χ0n) is 11.7. The smallest absolute Gasteiger partial charge is 0.244 e. The fraction of sp³-hybridized carbons (Fsp3) is 0.417. The summed E-state index contributed by atoms with van der Waals surface area (Å²) in [5.74, 6) is 0. The summed E-state index contributed by atoms with van der Waals surface area (Å²) in [6, 6.07) is 1.65. The average molecular weight is 314 g/mol. The van der Waals surface area contributed by atoms with Crippen LogP contribution in [0.1, 0.15) is 16.3 Å². The number of thiazole rings is 1. The molecular formula is C12H18N4O2S2. The summed E-state index contributed by atoms with van der Waals surface area (Å²) in [4.78, 5) is 8.34. The highest BCUT2D eigenvalue weighted by atomic mass is 32.2. The van der Waals surface area contributed by atoms with Crippen molar-refractivity contribution in [1.82, 2.24) is 19.6 Å². The minimum absolute atomic E-state index is 0.285. The van der Waals surface area contributed by atoms with Crippen molar-refractivity contribution in [2.24, 2.45) is 0 Å². The summed E-state index contributed by atoms with van der Waals surface area (Å²) in [5.41, 5.74) is 3.45. The van der Waals surface area contributed by atoms with Gasteiger partial charge in [-0.1, -0.05) is 0 Å². The van der Waals surface area contributed by atoms with E-state index in [1.165, 1.54) is 21.8 Å².